The van der Waals surface area contributed by atoms with Crippen molar-refractivity contribution in [1.29, 1.82) is 0 Å². The van der Waals surface area contributed by atoms with E-state index < -0.39 is 0 Å². The minimum atomic E-state index is 0.968. The van der Waals surface area contributed by atoms with Gasteiger partial charge in [0.15, 0.2) is 0 Å². The third-order valence-electron chi connectivity index (χ3n) is 2.57. The Morgan fingerprint density at radius 3 is 2.33 bits per heavy atom. The number of nitrogens with zero attached hydrogens (tertiary/aromatic N) is 1. The van der Waals surface area contributed by atoms with Crippen molar-refractivity contribution < 1.29 is 0 Å². The van der Waals surface area contributed by atoms with E-state index in [2.05, 4.69) is 17.3 Å². The van der Waals surface area contributed by atoms with Gasteiger partial charge in [-0.3, -0.25) is 0 Å². The highest BCUT2D eigenvalue weighted by Crippen LogP contribution is 2.24. The van der Waals surface area contributed by atoms with E-state index in [0.29, 0.717) is 0 Å². The van der Waals surface area contributed by atoms with Crippen molar-refractivity contribution in [3.05, 3.63) is 0 Å². The summed E-state index contributed by atoms with van der Waals surface area (Å²) < 4.78 is 0. The number of hydrogen-bond acceptors (Lipinski definition) is 2. The van der Waals surface area contributed by atoms with Crippen molar-refractivity contribution in [2.75, 3.05) is 33.2 Å². The molecule has 2 nitrogen and oxygen atoms in total. The second-order valence-electron chi connectivity index (χ2n) is 3.40. The molecule has 0 aromatic carbocycles. The molecule has 2 heteroatoms. The van der Waals surface area contributed by atoms with Crippen LogP contribution in [0.15, 0.2) is 0 Å². The van der Waals surface area contributed by atoms with E-state index in [1.54, 1.807) is 0 Å². The van der Waals surface area contributed by atoms with E-state index in [0.717, 1.165) is 11.8 Å². The highest BCUT2D eigenvalue weighted by Gasteiger charge is 2.33. The van der Waals surface area contributed by atoms with Crippen LogP contribution < -0.4 is 5.32 Å². The van der Waals surface area contributed by atoms with Gasteiger partial charge in [-0.1, -0.05) is 0 Å². The lowest BCUT2D eigenvalue weighted by atomic mass is 10.0. The predicted molar refractivity (Wildman–Crippen MR) is 37.3 cm³/mol. The van der Waals surface area contributed by atoms with Gasteiger partial charge in [-0.05, 0) is 32.0 Å². The summed E-state index contributed by atoms with van der Waals surface area (Å²) in [5.41, 5.74) is 0. The van der Waals surface area contributed by atoms with Crippen molar-refractivity contribution >= 4 is 0 Å². The second-order valence-corrected chi connectivity index (χ2v) is 3.40. The lowest BCUT2D eigenvalue weighted by Crippen LogP contribution is -2.21. The first kappa shape index (κ1) is 5.69. The standard InChI is InChI=1S/C7H14N2/c1-9-4-6-2-8-3-7(6)5-9/h6-8H,2-5H2,1H3/t6-,7-/m0/s1. The van der Waals surface area contributed by atoms with Gasteiger partial charge in [0.05, 0.1) is 0 Å². The lowest BCUT2D eigenvalue weighted by molar-refractivity contribution is 0.382. The molecule has 2 aliphatic rings. The van der Waals surface area contributed by atoms with Crippen LogP contribution in [-0.2, 0) is 0 Å². The van der Waals surface area contributed by atoms with E-state index in [1.165, 1.54) is 26.2 Å². The number of hydrogen-bond donors (Lipinski definition) is 1. The summed E-state index contributed by atoms with van der Waals surface area (Å²) in [6.07, 6.45) is 0. The normalized spacial score (nSPS) is 43.7. The van der Waals surface area contributed by atoms with E-state index in [4.69, 9.17) is 0 Å². The fourth-order valence-corrected chi connectivity index (χ4v) is 2.09. The Labute approximate surface area is 56.2 Å². The Kier molecular flexibility index (Phi) is 1.24. The highest BCUT2D eigenvalue weighted by molar-refractivity contribution is 4.89. The molecule has 0 spiro atoms. The summed E-state index contributed by atoms with van der Waals surface area (Å²) in [5.74, 6) is 1.94. The smallest absolute Gasteiger partial charge is 0.00225 e. The average molecular weight is 126 g/mol. The van der Waals surface area contributed by atoms with E-state index in [1.807, 2.05) is 0 Å². The van der Waals surface area contributed by atoms with E-state index in [9.17, 15) is 0 Å². The van der Waals surface area contributed by atoms with Crippen molar-refractivity contribution in [3.63, 3.8) is 0 Å². The molecule has 9 heavy (non-hydrogen) atoms. The molecule has 2 fully saturated rings. The van der Waals surface area contributed by atoms with Crippen molar-refractivity contribution in [3.8, 4) is 0 Å². The Morgan fingerprint density at radius 1 is 1.22 bits per heavy atom. The van der Waals surface area contributed by atoms with Gasteiger partial charge in [0, 0.05) is 13.1 Å². The van der Waals surface area contributed by atoms with Crippen molar-refractivity contribution in [1.82, 2.24) is 10.2 Å². The summed E-state index contributed by atoms with van der Waals surface area (Å²) in [6.45, 7) is 5.15. The molecule has 0 unspecified atom stereocenters. The number of rotatable bonds is 0. The zero-order valence-electron chi connectivity index (χ0n) is 5.93. The minimum absolute atomic E-state index is 0.968. The maximum atomic E-state index is 3.42. The van der Waals surface area contributed by atoms with Crippen molar-refractivity contribution in [2.24, 2.45) is 11.8 Å². The van der Waals surface area contributed by atoms with Gasteiger partial charge in [-0.2, -0.15) is 0 Å². The van der Waals surface area contributed by atoms with Crippen LogP contribution in [0.5, 0.6) is 0 Å². The fourth-order valence-electron chi connectivity index (χ4n) is 2.09. The largest absolute Gasteiger partial charge is 0.316 e. The molecule has 2 heterocycles. The van der Waals surface area contributed by atoms with Crippen LogP contribution in [0.3, 0.4) is 0 Å². The van der Waals surface area contributed by atoms with E-state index >= 15 is 0 Å². The van der Waals surface area contributed by atoms with Crippen LogP contribution in [0.4, 0.5) is 0 Å². The molecule has 52 valence electrons. The third-order valence-corrected chi connectivity index (χ3v) is 2.57. The molecular formula is C7H14N2. The van der Waals surface area contributed by atoms with Crippen molar-refractivity contribution in [2.45, 2.75) is 0 Å². The second kappa shape index (κ2) is 1.96. The zero-order chi connectivity index (χ0) is 6.27. The molecule has 0 radical (unpaired) electrons. The summed E-state index contributed by atoms with van der Waals surface area (Å²) in [6, 6.07) is 0. The molecule has 0 bridgehead atoms. The molecule has 0 amide bonds. The van der Waals surface area contributed by atoms with Crippen LogP contribution in [0, 0.1) is 11.8 Å². The van der Waals surface area contributed by atoms with Gasteiger partial charge in [0.1, 0.15) is 0 Å². The van der Waals surface area contributed by atoms with Crippen LogP contribution in [0.25, 0.3) is 0 Å². The summed E-state index contributed by atoms with van der Waals surface area (Å²) in [4.78, 5) is 2.44. The first-order valence-electron chi connectivity index (χ1n) is 3.75. The fraction of sp³-hybridized carbons (Fsp3) is 1.00. The van der Waals surface area contributed by atoms with Crippen LogP contribution in [0.2, 0.25) is 0 Å². The Balaban J connectivity index is 2.02. The highest BCUT2D eigenvalue weighted by atomic mass is 15.2. The molecule has 0 aliphatic carbocycles. The van der Waals surface area contributed by atoms with Crippen LogP contribution >= 0.6 is 0 Å². The maximum Gasteiger partial charge on any atom is 0.00225 e. The van der Waals surface area contributed by atoms with Gasteiger partial charge in [-0.15, -0.1) is 0 Å². The van der Waals surface area contributed by atoms with E-state index in [-0.39, 0.29) is 0 Å². The average Bonchev–Trinajstić information content (AvgIpc) is 2.22. The number of nitrogens with one attached hydrogen (secondary N) is 1. The van der Waals surface area contributed by atoms with Gasteiger partial charge in [0.25, 0.3) is 0 Å². The predicted octanol–water partition coefficient (Wildman–Crippen LogP) is -0.233. The molecular weight excluding hydrogens is 112 g/mol. The SMILES string of the molecule is CN1C[C@@H]2CNC[C@H]2C1. The molecule has 0 saturated carbocycles. The first-order chi connectivity index (χ1) is 4.36. The zero-order valence-corrected chi connectivity index (χ0v) is 5.93. The molecule has 2 atom stereocenters. The summed E-state index contributed by atoms with van der Waals surface area (Å²) >= 11 is 0. The number of fused-ring (bicyclic) bond motifs is 1. The summed E-state index contributed by atoms with van der Waals surface area (Å²) in [7, 11) is 2.22. The molecule has 2 saturated heterocycles. The molecule has 0 aromatic heterocycles. The van der Waals surface area contributed by atoms with Gasteiger partial charge < -0.3 is 10.2 Å². The van der Waals surface area contributed by atoms with Crippen LogP contribution in [0.1, 0.15) is 0 Å². The van der Waals surface area contributed by atoms with Gasteiger partial charge in [-0.25, -0.2) is 0 Å². The first-order valence-corrected chi connectivity index (χ1v) is 3.75. The molecule has 2 rings (SSSR count). The Bertz CT molecular complexity index is 101. The summed E-state index contributed by atoms with van der Waals surface area (Å²) in [5, 5.41) is 3.42. The van der Waals surface area contributed by atoms with Gasteiger partial charge >= 0.3 is 0 Å². The minimum Gasteiger partial charge on any atom is -0.316 e. The topological polar surface area (TPSA) is 15.3 Å². The van der Waals surface area contributed by atoms with Gasteiger partial charge in [0.2, 0.25) is 0 Å². The molecule has 2 aliphatic heterocycles. The third kappa shape index (κ3) is 0.864. The Hall–Kier alpha value is -0.0800. The van der Waals surface area contributed by atoms with Crippen LogP contribution in [-0.4, -0.2) is 38.1 Å². The maximum absolute atomic E-state index is 3.42. The number of likely N-dealkylation sites (tertiary alicyclic amines) is 1. The monoisotopic (exact) mass is 126 g/mol. The lowest BCUT2D eigenvalue weighted by Gasteiger charge is -2.07. The molecule has 1 N–H and O–H groups in total. The quantitative estimate of drug-likeness (QED) is 0.482. The Morgan fingerprint density at radius 2 is 1.78 bits per heavy atom. The molecule has 0 aromatic rings.